The fourth-order valence-electron chi connectivity index (χ4n) is 2.71. The van der Waals surface area contributed by atoms with Crippen molar-refractivity contribution in [3.63, 3.8) is 0 Å². The van der Waals surface area contributed by atoms with E-state index in [1.54, 1.807) is 35.1 Å². The lowest BCUT2D eigenvalue weighted by molar-refractivity contribution is -0.113. The van der Waals surface area contributed by atoms with Crippen molar-refractivity contribution in [3.8, 4) is 17.3 Å². The van der Waals surface area contributed by atoms with E-state index in [1.165, 1.54) is 18.1 Å². The van der Waals surface area contributed by atoms with Gasteiger partial charge in [0, 0.05) is 5.69 Å². The number of amides is 1. The molecule has 2 aromatic carbocycles. The maximum atomic E-state index is 11.7. The highest BCUT2D eigenvalue weighted by Gasteiger charge is 2.13. The molecule has 4 aromatic rings. The average Bonchev–Trinajstić information content (AvgIpc) is 3.15. The fourth-order valence-corrected chi connectivity index (χ4v) is 3.04. The van der Waals surface area contributed by atoms with E-state index in [0.717, 1.165) is 11.4 Å². The molecule has 1 N–H and O–H groups in total. The molecule has 2 aromatic heterocycles. The second-order valence-electron chi connectivity index (χ2n) is 5.92. The van der Waals surface area contributed by atoms with Crippen LogP contribution in [0.15, 0.2) is 67.1 Å². The number of benzene rings is 2. The number of carbonyl (C=O) groups is 1. The second-order valence-corrected chi connectivity index (χ2v) is 6.78. The number of carbonyl (C=O) groups excluding carboxylic acids is 1. The number of thioether (sulfide) groups is 1. The topological polar surface area (TPSA) is 81.9 Å². The Hall–Kier alpha value is -3.39. The highest BCUT2D eigenvalue weighted by atomic mass is 32.2. The number of nitrogens with one attached hydrogen (secondary N) is 1. The van der Waals surface area contributed by atoms with Gasteiger partial charge < -0.3 is 10.1 Å². The molecule has 0 unspecified atom stereocenters. The maximum absolute atomic E-state index is 11.7. The molecule has 140 valence electrons. The monoisotopic (exact) mass is 391 g/mol. The van der Waals surface area contributed by atoms with E-state index in [9.17, 15) is 4.79 Å². The Balaban J connectivity index is 1.57. The molecule has 0 atom stereocenters. The number of fused-ring (bicyclic) bond motifs is 1. The van der Waals surface area contributed by atoms with Crippen LogP contribution in [-0.2, 0) is 4.79 Å². The third-order valence-corrected chi connectivity index (χ3v) is 4.51. The number of hydrogen-bond donors (Lipinski definition) is 1. The second kappa shape index (κ2) is 8.10. The van der Waals surface area contributed by atoms with Gasteiger partial charge in [0.1, 0.15) is 17.5 Å². The van der Waals surface area contributed by atoms with Crippen LogP contribution in [0.3, 0.4) is 0 Å². The molecule has 4 rings (SSSR count). The summed E-state index contributed by atoms with van der Waals surface area (Å²) in [5.41, 5.74) is 2.29. The standard InChI is InChI=1S/C20H17N5O2S/c1-28-12-18(26)24-14-7-9-16(10-8-14)27-20-17-11-23-25(19(17)21-13-22-20)15-5-3-2-4-6-15/h2-11,13H,12H2,1H3,(H,24,26). The van der Waals surface area contributed by atoms with Crippen LogP contribution in [0.4, 0.5) is 5.69 Å². The van der Waals surface area contributed by atoms with Crippen molar-refractivity contribution in [3.05, 3.63) is 67.1 Å². The van der Waals surface area contributed by atoms with Crippen LogP contribution in [0.2, 0.25) is 0 Å². The molecular formula is C20H17N5O2S. The third kappa shape index (κ3) is 3.81. The highest BCUT2D eigenvalue weighted by molar-refractivity contribution is 7.99. The molecule has 7 nitrogen and oxygen atoms in total. The SMILES string of the molecule is CSCC(=O)Nc1ccc(Oc2ncnc3c2cnn3-c2ccccc2)cc1. The molecule has 0 aliphatic rings. The van der Waals surface area contributed by atoms with Gasteiger partial charge in [0.15, 0.2) is 5.65 Å². The van der Waals surface area contributed by atoms with Gasteiger partial charge in [-0.25, -0.2) is 14.6 Å². The molecule has 0 aliphatic heterocycles. The Bertz CT molecular complexity index is 1100. The lowest BCUT2D eigenvalue weighted by Gasteiger charge is -2.08. The van der Waals surface area contributed by atoms with Gasteiger partial charge in [0.25, 0.3) is 0 Å². The average molecular weight is 391 g/mol. The lowest BCUT2D eigenvalue weighted by atomic mass is 10.3. The smallest absolute Gasteiger partial charge is 0.234 e. The molecule has 0 spiro atoms. The molecule has 0 radical (unpaired) electrons. The number of hydrogen-bond acceptors (Lipinski definition) is 6. The Labute approximate surface area is 165 Å². The van der Waals surface area contributed by atoms with Gasteiger partial charge >= 0.3 is 0 Å². The predicted molar refractivity (Wildman–Crippen MR) is 110 cm³/mol. The minimum Gasteiger partial charge on any atom is -0.438 e. The van der Waals surface area contributed by atoms with Gasteiger partial charge in [-0.15, -0.1) is 0 Å². The minimum atomic E-state index is -0.0352. The molecule has 0 bridgehead atoms. The van der Waals surface area contributed by atoms with Crippen LogP contribution < -0.4 is 10.1 Å². The summed E-state index contributed by atoms with van der Waals surface area (Å²) in [5, 5.41) is 7.96. The summed E-state index contributed by atoms with van der Waals surface area (Å²) in [6.45, 7) is 0. The van der Waals surface area contributed by atoms with Crippen LogP contribution in [0, 0.1) is 0 Å². The molecule has 0 saturated carbocycles. The number of aromatic nitrogens is 4. The molecule has 2 heterocycles. The number of anilines is 1. The minimum absolute atomic E-state index is 0.0352. The Morgan fingerprint density at radius 3 is 2.64 bits per heavy atom. The zero-order valence-electron chi connectivity index (χ0n) is 15.1. The first-order valence-corrected chi connectivity index (χ1v) is 9.95. The van der Waals surface area contributed by atoms with Gasteiger partial charge in [0.2, 0.25) is 11.8 Å². The van der Waals surface area contributed by atoms with Gasteiger partial charge in [-0.2, -0.15) is 16.9 Å². The number of ether oxygens (including phenoxy) is 1. The van der Waals surface area contributed by atoms with E-state index < -0.39 is 0 Å². The summed E-state index contributed by atoms with van der Waals surface area (Å²) < 4.78 is 7.67. The summed E-state index contributed by atoms with van der Waals surface area (Å²) in [6.07, 6.45) is 5.03. The van der Waals surface area contributed by atoms with Crippen molar-refractivity contribution in [1.82, 2.24) is 19.7 Å². The summed E-state index contributed by atoms with van der Waals surface area (Å²) in [7, 11) is 0. The fraction of sp³-hybridized carbons (Fsp3) is 0.100. The predicted octanol–water partition coefficient (Wildman–Crippen LogP) is 3.91. The van der Waals surface area contributed by atoms with Crippen molar-refractivity contribution in [1.29, 1.82) is 0 Å². The van der Waals surface area contributed by atoms with Crippen molar-refractivity contribution in [2.45, 2.75) is 0 Å². The summed E-state index contributed by atoms with van der Waals surface area (Å²) in [6, 6.07) is 16.9. The van der Waals surface area contributed by atoms with Crippen molar-refractivity contribution in [2.75, 3.05) is 17.3 Å². The van der Waals surface area contributed by atoms with E-state index in [-0.39, 0.29) is 5.91 Å². The maximum Gasteiger partial charge on any atom is 0.234 e. The molecule has 0 aliphatic carbocycles. The van der Waals surface area contributed by atoms with Crippen LogP contribution in [0.5, 0.6) is 11.6 Å². The van der Waals surface area contributed by atoms with Crippen LogP contribution in [0.1, 0.15) is 0 Å². The van der Waals surface area contributed by atoms with Crippen LogP contribution >= 0.6 is 11.8 Å². The molecule has 1 amide bonds. The van der Waals surface area contributed by atoms with E-state index >= 15 is 0 Å². The largest absolute Gasteiger partial charge is 0.438 e. The first-order chi connectivity index (χ1) is 13.7. The normalized spacial score (nSPS) is 10.8. The molecule has 0 saturated heterocycles. The number of rotatable bonds is 6. The zero-order valence-corrected chi connectivity index (χ0v) is 15.9. The first-order valence-electron chi connectivity index (χ1n) is 8.55. The molecule has 0 fully saturated rings. The van der Waals surface area contributed by atoms with Crippen LogP contribution in [-0.4, -0.2) is 37.7 Å². The third-order valence-electron chi connectivity index (χ3n) is 3.96. The van der Waals surface area contributed by atoms with E-state index in [2.05, 4.69) is 20.4 Å². The van der Waals surface area contributed by atoms with Gasteiger partial charge in [0.05, 0.1) is 17.6 Å². The van der Waals surface area contributed by atoms with E-state index in [1.807, 2.05) is 36.6 Å². The molecule has 8 heteroatoms. The van der Waals surface area contributed by atoms with E-state index in [0.29, 0.717) is 28.4 Å². The Kier molecular flexibility index (Phi) is 5.20. The zero-order chi connectivity index (χ0) is 19.3. The van der Waals surface area contributed by atoms with Gasteiger partial charge in [-0.1, -0.05) is 18.2 Å². The Morgan fingerprint density at radius 1 is 1.11 bits per heavy atom. The van der Waals surface area contributed by atoms with Crippen molar-refractivity contribution < 1.29 is 9.53 Å². The summed E-state index contributed by atoms with van der Waals surface area (Å²) >= 11 is 1.48. The van der Waals surface area contributed by atoms with Crippen molar-refractivity contribution in [2.24, 2.45) is 0 Å². The molecule has 28 heavy (non-hydrogen) atoms. The van der Waals surface area contributed by atoms with Crippen LogP contribution in [0.25, 0.3) is 16.7 Å². The molecular weight excluding hydrogens is 374 g/mol. The summed E-state index contributed by atoms with van der Waals surface area (Å²) in [4.78, 5) is 20.3. The van der Waals surface area contributed by atoms with E-state index in [4.69, 9.17) is 4.74 Å². The van der Waals surface area contributed by atoms with Crippen molar-refractivity contribution >= 4 is 34.4 Å². The van der Waals surface area contributed by atoms with Gasteiger partial charge in [-0.05, 0) is 42.7 Å². The number of para-hydroxylation sites is 1. The number of nitrogens with zero attached hydrogens (tertiary/aromatic N) is 4. The van der Waals surface area contributed by atoms with Gasteiger partial charge in [-0.3, -0.25) is 4.79 Å². The summed E-state index contributed by atoms with van der Waals surface area (Å²) in [5.74, 6) is 1.41. The first kappa shape index (κ1) is 18.0. The quantitative estimate of drug-likeness (QED) is 0.537. The lowest BCUT2D eigenvalue weighted by Crippen LogP contribution is -2.13. The Morgan fingerprint density at radius 2 is 1.89 bits per heavy atom. The highest BCUT2D eigenvalue weighted by Crippen LogP contribution is 2.28.